The SMILES string of the molecule is Cc1cc(Cl)ccc1NC(=O)CN(C)C1CCNC1. The van der Waals surface area contributed by atoms with E-state index in [1.165, 1.54) is 0 Å². The van der Waals surface area contributed by atoms with E-state index in [-0.39, 0.29) is 5.91 Å². The highest BCUT2D eigenvalue weighted by Gasteiger charge is 2.20. The van der Waals surface area contributed by atoms with Crippen LogP contribution >= 0.6 is 11.6 Å². The molecule has 0 radical (unpaired) electrons. The fraction of sp³-hybridized carbons (Fsp3) is 0.500. The van der Waals surface area contributed by atoms with Crippen LogP contribution in [0.25, 0.3) is 0 Å². The van der Waals surface area contributed by atoms with E-state index in [9.17, 15) is 4.79 Å². The Kier molecular flexibility index (Phi) is 4.80. The summed E-state index contributed by atoms with van der Waals surface area (Å²) in [6, 6.07) is 5.93. The van der Waals surface area contributed by atoms with E-state index in [0.717, 1.165) is 30.8 Å². The molecule has 0 saturated carbocycles. The Morgan fingerprint density at radius 2 is 2.37 bits per heavy atom. The second-order valence-electron chi connectivity index (χ2n) is 5.07. The molecule has 4 nitrogen and oxygen atoms in total. The number of amides is 1. The van der Waals surface area contributed by atoms with Crippen molar-refractivity contribution in [2.75, 3.05) is 32.0 Å². The van der Waals surface area contributed by atoms with Crippen LogP contribution < -0.4 is 10.6 Å². The number of likely N-dealkylation sites (N-methyl/N-ethyl adjacent to an activating group) is 1. The molecule has 0 aromatic heterocycles. The first-order valence-electron chi connectivity index (χ1n) is 6.53. The molecular formula is C14H20ClN3O. The summed E-state index contributed by atoms with van der Waals surface area (Å²) in [5.74, 6) is 0.0137. The molecule has 5 heteroatoms. The molecule has 2 N–H and O–H groups in total. The minimum atomic E-state index is 0.0137. The summed E-state index contributed by atoms with van der Waals surface area (Å²) < 4.78 is 0. The summed E-state index contributed by atoms with van der Waals surface area (Å²) >= 11 is 5.90. The van der Waals surface area contributed by atoms with Gasteiger partial charge in [-0.25, -0.2) is 0 Å². The zero-order chi connectivity index (χ0) is 13.8. The Hall–Kier alpha value is -1.10. The van der Waals surface area contributed by atoms with E-state index in [1.54, 1.807) is 6.07 Å². The predicted octanol–water partition coefficient (Wildman–Crippen LogP) is 1.88. The maximum absolute atomic E-state index is 12.0. The molecule has 0 spiro atoms. The average molecular weight is 282 g/mol. The van der Waals surface area contributed by atoms with Crippen molar-refractivity contribution in [3.05, 3.63) is 28.8 Å². The third-order valence-electron chi connectivity index (χ3n) is 3.51. The summed E-state index contributed by atoms with van der Waals surface area (Å²) in [7, 11) is 1.99. The Labute approximate surface area is 119 Å². The van der Waals surface area contributed by atoms with Crippen molar-refractivity contribution in [2.45, 2.75) is 19.4 Å². The maximum Gasteiger partial charge on any atom is 0.238 e. The number of hydrogen-bond donors (Lipinski definition) is 2. The molecule has 19 heavy (non-hydrogen) atoms. The topological polar surface area (TPSA) is 44.4 Å². The molecule has 0 bridgehead atoms. The van der Waals surface area contributed by atoms with E-state index in [1.807, 2.05) is 26.1 Å². The van der Waals surface area contributed by atoms with Gasteiger partial charge in [0.05, 0.1) is 6.54 Å². The van der Waals surface area contributed by atoms with Gasteiger partial charge in [0, 0.05) is 23.3 Å². The molecule has 1 aromatic rings. The minimum absolute atomic E-state index is 0.0137. The molecule has 0 aliphatic carbocycles. The van der Waals surface area contributed by atoms with Gasteiger partial charge in [-0.3, -0.25) is 9.69 Å². The van der Waals surface area contributed by atoms with Gasteiger partial charge in [-0.2, -0.15) is 0 Å². The van der Waals surface area contributed by atoms with Gasteiger partial charge in [-0.15, -0.1) is 0 Å². The number of halogens is 1. The molecule has 1 unspecified atom stereocenters. The lowest BCUT2D eigenvalue weighted by Gasteiger charge is -2.22. The fourth-order valence-electron chi connectivity index (χ4n) is 2.33. The molecule has 1 fully saturated rings. The van der Waals surface area contributed by atoms with Crippen molar-refractivity contribution in [1.29, 1.82) is 0 Å². The van der Waals surface area contributed by atoms with Crippen molar-refractivity contribution in [1.82, 2.24) is 10.2 Å². The largest absolute Gasteiger partial charge is 0.325 e. The van der Waals surface area contributed by atoms with E-state index < -0.39 is 0 Å². The lowest BCUT2D eigenvalue weighted by molar-refractivity contribution is -0.117. The van der Waals surface area contributed by atoms with Crippen molar-refractivity contribution in [2.24, 2.45) is 0 Å². The van der Waals surface area contributed by atoms with Gasteiger partial charge >= 0.3 is 0 Å². The summed E-state index contributed by atoms with van der Waals surface area (Å²) in [4.78, 5) is 14.1. The van der Waals surface area contributed by atoms with Crippen LogP contribution in [0.3, 0.4) is 0 Å². The lowest BCUT2D eigenvalue weighted by atomic mass is 10.2. The normalized spacial score (nSPS) is 18.8. The van der Waals surface area contributed by atoms with E-state index >= 15 is 0 Å². The number of carbonyl (C=O) groups is 1. The molecule has 1 atom stereocenters. The number of benzene rings is 1. The van der Waals surface area contributed by atoms with Crippen molar-refractivity contribution >= 4 is 23.2 Å². The highest BCUT2D eigenvalue weighted by Crippen LogP contribution is 2.19. The molecule has 2 rings (SSSR count). The number of carbonyl (C=O) groups excluding carboxylic acids is 1. The second kappa shape index (κ2) is 6.37. The number of nitrogens with one attached hydrogen (secondary N) is 2. The summed E-state index contributed by atoms with van der Waals surface area (Å²) in [5, 5.41) is 6.92. The van der Waals surface area contributed by atoms with Gasteiger partial charge in [-0.1, -0.05) is 11.6 Å². The maximum atomic E-state index is 12.0. The number of rotatable bonds is 4. The summed E-state index contributed by atoms with van der Waals surface area (Å²) in [5.41, 5.74) is 1.80. The average Bonchev–Trinajstić information content (AvgIpc) is 2.86. The summed E-state index contributed by atoms with van der Waals surface area (Å²) in [6.07, 6.45) is 1.10. The van der Waals surface area contributed by atoms with Crippen LogP contribution in [0, 0.1) is 6.92 Å². The zero-order valence-corrected chi connectivity index (χ0v) is 12.1. The van der Waals surface area contributed by atoms with Gasteiger partial charge in [0.1, 0.15) is 0 Å². The molecule has 1 aliphatic rings. The Balaban J connectivity index is 1.89. The van der Waals surface area contributed by atoms with Crippen LogP contribution in [0.2, 0.25) is 5.02 Å². The van der Waals surface area contributed by atoms with E-state index in [4.69, 9.17) is 11.6 Å². The van der Waals surface area contributed by atoms with Crippen LogP contribution in [-0.4, -0.2) is 43.5 Å². The van der Waals surface area contributed by atoms with Crippen LogP contribution in [0.15, 0.2) is 18.2 Å². The minimum Gasteiger partial charge on any atom is -0.325 e. The van der Waals surface area contributed by atoms with Gasteiger partial charge in [-0.05, 0) is 50.7 Å². The number of anilines is 1. The third-order valence-corrected chi connectivity index (χ3v) is 3.75. The number of nitrogens with zero attached hydrogens (tertiary/aromatic N) is 1. The highest BCUT2D eigenvalue weighted by molar-refractivity contribution is 6.30. The Morgan fingerprint density at radius 1 is 1.58 bits per heavy atom. The predicted molar refractivity (Wildman–Crippen MR) is 78.7 cm³/mol. The Bertz CT molecular complexity index is 458. The highest BCUT2D eigenvalue weighted by atomic mass is 35.5. The smallest absolute Gasteiger partial charge is 0.238 e. The van der Waals surface area contributed by atoms with Gasteiger partial charge < -0.3 is 10.6 Å². The van der Waals surface area contributed by atoms with Crippen molar-refractivity contribution < 1.29 is 4.79 Å². The van der Waals surface area contributed by atoms with Gasteiger partial charge in [0.15, 0.2) is 0 Å². The molecule has 1 aliphatic heterocycles. The summed E-state index contributed by atoms with van der Waals surface area (Å²) in [6.45, 7) is 4.34. The molecular weight excluding hydrogens is 262 g/mol. The first-order valence-corrected chi connectivity index (χ1v) is 6.91. The van der Waals surface area contributed by atoms with Crippen molar-refractivity contribution in [3.63, 3.8) is 0 Å². The number of hydrogen-bond acceptors (Lipinski definition) is 3. The second-order valence-corrected chi connectivity index (χ2v) is 5.51. The molecule has 1 aromatic carbocycles. The first-order chi connectivity index (χ1) is 9.06. The van der Waals surface area contributed by atoms with E-state index in [2.05, 4.69) is 15.5 Å². The van der Waals surface area contributed by atoms with Crippen molar-refractivity contribution in [3.8, 4) is 0 Å². The Morgan fingerprint density at radius 3 is 3.00 bits per heavy atom. The van der Waals surface area contributed by atoms with Gasteiger partial charge in [0.2, 0.25) is 5.91 Å². The third kappa shape index (κ3) is 3.93. The zero-order valence-electron chi connectivity index (χ0n) is 11.4. The van der Waals surface area contributed by atoms with E-state index in [0.29, 0.717) is 17.6 Å². The van der Waals surface area contributed by atoms with Crippen LogP contribution in [0.1, 0.15) is 12.0 Å². The molecule has 1 amide bonds. The van der Waals surface area contributed by atoms with Crippen LogP contribution in [-0.2, 0) is 4.79 Å². The van der Waals surface area contributed by atoms with Crippen LogP contribution in [0.4, 0.5) is 5.69 Å². The van der Waals surface area contributed by atoms with Crippen LogP contribution in [0.5, 0.6) is 0 Å². The molecule has 1 heterocycles. The molecule has 1 saturated heterocycles. The standard InChI is InChI=1S/C14H20ClN3O/c1-10-7-11(15)3-4-13(10)17-14(19)9-18(2)12-5-6-16-8-12/h3-4,7,12,16H,5-6,8-9H2,1-2H3,(H,17,19). The quantitative estimate of drug-likeness (QED) is 0.886. The number of aryl methyl sites for hydroxylation is 1. The monoisotopic (exact) mass is 281 g/mol. The molecule has 104 valence electrons. The van der Waals surface area contributed by atoms with Gasteiger partial charge in [0.25, 0.3) is 0 Å². The lowest BCUT2D eigenvalue weighted by Crippen LogP contribution is -2.39. The first kappa shape index (κ1) is 14.3. The fourth-order valence-corrected chi connectivity index (χ4v) is 2.55.